The van der Waals surface area contributed by atoms with Crippen molar-refractivity contribution in [1.29, 1.82) is 0 Å². The van der Waals surface area contributed by atoms with Crippen molar-refractivity contribution in [2.45, 2.75) is 24.6 Å². The predicted molar refractivity (Wildman–Crippen MR) is 54.8 cm³/mol. The van der Waals surface area contributed by atoms with E-state index in [0.717, 1.165) is 4.57 Å². The van der Waals surface area contributed by atoms with E-state index in [1.807, 2.05) is 0 Å². The maximum Gasteiger partial charge on any atom is 0.351 e. The zero-order valence-corrected chi connectivity index (χ0v) is 8.73. The number of nitrogens with two attached hydrogens (primary N) is 1. The Bertz CT molecular complexity index is 466. The van der Waals surface area contributed by atoms with Crippen LogP contribution in [0, 0.1) is 0 Å². The molecule has 1 saturated heterocycles. The van der Waals surface area contributed by atoms with Crippen LogP contribution in [0.15, 0.2) is 17.1 Å². The fourth-order valence-electron chi connectivity index (χ4n) is 1.70. The van der Waals surface area contributed by atoms with Crippen molar-refractivity contribution < 1.29 is 19.3 Å². The Hall–Kier alpha value is -1.51. The average Bonchev–Trinajstić information content (AvgIpc) is 2.57. The summed E-state index contributed by atoms with van der Waals surface area (Å²) in [5.74, 6) is 0.0129. The molecule has 0 bridgehead atoms. The molecule has 94 valence electrons. The lowest BCUT2D eigenvalue weighted by molar-refractivity contribution is -0.0490. The van der Waals surface area contributed by atoms with Gasteiger partial charge in [-0.1, -0.05) is 0 Å². The maximum absolute atomic E-state index is 13.7. The highest BCUT2D eigenvalue weighted by molar-refractivity contribution is 5.23. The van der Waals surface area contributed by atoms with Gasteiger partial charge in [-0.2, -0.15) is 4.98 Å². The fraction of sp³-hybridized carbons (Fsp3) is 0.556. The number of halogens is 1. The lowest BCUT2D eigenvalue weighted by atomic mass is 10.1. The van der Waals surface area contributed by atoms with Crippen LogP contribution in [0.2, 0.25) is 0 Å². The largest absolute Gasteiger partial charge is 0.394 e. The number of nitrogens with zero attached hydrogens (tertiary/aromatic N) is 2. The molecule has 0 spiro atoms. The standard InChI is InChI=1S/C9H12FN3O4/c10-6-7(15)4(3-14)17-8(6)13-2-1-5(11)12-9(13)16/h1-2,4,6-8,14-15H,3H2,(H2,11,12,16)/t4-,6?,7-,8-/m1/s1. The van der Waals surface area contributed by atoms with Gasteiger partial charge >= 0.3 is 5.69 Å². The van der Waals surface area contributed by atoms with Crippen LogP contribution in [0.25, 0.3) is 0 Å². The summed E-state index contributed by atoms with van der Waals surface area (Å²) in [5.41, 5.74) is 4.52. The molecule has 0 radical (unpaired) electrons. The van der Waals surface area contributed by atoms with E-state index < -0.39 is 36.9 Å². The molecule has 0 amide bonds. The third-order valence-electron chi connectivity index (χ3n) is 2.60. The molecular weight excluding hydrogens is 233 g/mol. The topological polar surface area (TPSA) is 111 Å². The predicted octanol–water partition coefficient (Wildman–Crippen LogP) is -1.59. The van der Waals surface area contributed by atoms with Gasteiger partial charge in [0.1, 0.15) is 18.0 Å². The van der Waals surface area contributed by atoms with Gasteiger partial charge in [0.15, 0.2) is 12.4 Å². The van der Waals surface area contributed by atoms with Crippen LogP contribution in [-0.2, 0) is 4.74 Å². The second-order valence-electron chi connectivity index (χ2n) is 3.72. The van der Waals surface area contributed by atoms with Crippen molar-refractivity contribution in [1.82, 2.24) is 9.55 Å². The Balaban J connectivity index is 2.32. The van der Waals surface area contributed by atoms with Gasteiger partial charge in [0.05, 0.1) is 6.61 Å². The van der Waals surface area contributed by atoms with Crippen molar-refractivity contribution in [2.75, 3.05) is 12.3 Å². The van der Waals surface area contributed by atoms with Gasteiger partial charge in [0.2, 0.25) is 0 Å². The second kappa shape index (κ2) is 4.40. The number of hydrogen-bond donors (Lipinski definition) is 3. The number of aliphatic hydroxyl groups excluding tert-OH is 2. The highest BCUT2D eigenvalue weighted by Crippen LogP contribution is 2.30. The van der Waals surface area contributed by atoms with E-state index in [0.29, 0.717) is 0 Å². The number of ether oxygens (including phenoxy) is 1. The monoisotopic (exact) mass is 245 g/mol. The number of aliphatic hydroxyl groups is 2. The molecule has 1 aromatic heterocycles. The Morgan fingerprint density at radius 1 is 1.65 bits per heavy atom. The molecule has 1 aromatic rings. The first-order valence-corrected chi connectivity index (χ1v) is 4.97. The lowest BCUT2D eigenvalue weighted by Gasteiger charge is -2.15. The summed E-state index contributed by atoms with van der Waals surface area (Å²) in [4.78, 5) is 14.9. The van der Waals surface area contributed by atoms with E-state index in [4.69, 9.17) is 15.6 Å². The van der Waals surface area contributed by atoms with Gasteiger partial charge in [-0.15, -0.1) is 0 Å². The van der Waals surface area contributed by atoms with Crippen LogP contribution in [0.5, 0.6) is 0 Å². The molecule has 1 aliphatic rings. The lowest BCUT2D eigenvalue weighted by Crippen LogP contribution is -2.33. The molecular formula is C9H12FN3O4. The van der Waals surface area contributed by atoms with Crippen molar-refractivity contribution in [3.8, 4) is 0 Å². The summed E-state index contributed by atoms with van der Waals surface area (Å²) in [6.07, 6.45) is -4.42. The maximum atomic E-state index is 13.7. The SMILES string of the molecule is Nc1ccn([C@@H]2O[C@H](CO)[C@@H](O)C2F)c(=O)n1. The van der Waals surface area contributed by atoms with E-state index in [1.54, 1.807) is 0 Å². The van der Waals surface area contributed by atoms with Gasteiger partial charge in [0.25, 0.3) is 0 Å². The Morgan fingerprint density at radius 2 is 2.35 bits per heavy atom. The Labute approximate surface area is 95.3 Å². The van der Waals surface area contributed by atoms with Crippen LogP contribution in [0.1, 0.15) is 6.23 Å². The zero-order chi connectivity index (χ0) is 12.6. The molecule has 0 aliphatic carbocycles. The third kappa shape index (κ3) is 2.02. The molecule has 1 fully saturated rings. The first kappa shape index (κ1) is 12.0. The third-order valence-corrected chi connectivity index (χ3v) is 2.60. The molecule has 1 aliphatic heterocycles. The molecule has 8 heteroatoms. The number of aromatic nitrogens is 2. The first-order chi connectivity index (χ1) is 8.04. The van der Waals surface area contributed by atoms with Crippen LogP contribution in [0.3, 0.4) is 0 Å². The quantitative estimate of drug-likeness (QED) is 0.579. The van der Waals surface area contributed by atoms with E-state index in [9.17, 15) is 14.3 Å². The summed E-state index contributed by atoms with van der Waals surface area (Å²) < 4.78 is 19.6. The summed E-state index contributed by atoms with van der Waals surface area (Å²) in [6, 6.07) is 1.32. The normalized spacial score (nSPS) is 32.9. The second-order valence-corrected chi connectivity index (χ2v) is 3.72. The molecule has 0 aromatic carbocycles. The van der Waals surface area contributed by atoms with E-state index in [-0.39, 0.29) is 5.82 Å². The average molecular weight is 245 g/mol. The van der Waals surface area contributed by atoms with Crippen molar-refractivity contribution >= 4 is 5.82 Å². The molecule has 17 heavy (non-hydrogen) atoms. The van der Waals surface area contributed by atoms with Crippen LogP contribution in [0.4, 0.5) is 10.2 Å². The van der Waals surface area contributed by atoms with Crippen molar-refractivity contribution in [3.05, 3.63) is 22.7 Å². The minimum atomic E-state index is -1.81. The van der Waals surface area contributed by atoms with E-state index >= 15 is 0 Å². The number of hydrogen-bond acceptors (Lipinski definition) is 6. The summed E-state index contributed by atoms with van der Waals surface area (Å²) in [7, 11) is 0. The Kier molecular flexibility index (Phi) is 3.09. The molecule has 7 nitrogen and oxygen atoms in total. The smallest absolute Gasteiger partial charge is 0.351 e. The molecule has 4 N–H and O–H groups in total. The van der Waals surface area contributed by atoms with Crippen molar-refractivity contribution in [2.24, 2.45) is 0 Å². The number of rotatable bonds is 2. The van der Waals surface area contributed by atoms with Crippen LogP contribution in [-0.4, -0.2) is 44.8 Å². The molecule has 0 saturated carbocycles. The number of alkyl halides is 1. The molecule has 2 heterocycles. The highest BCUT2D eigenvalue weighted by Gasteiger charge is 2.45. The number of nitrogen functional groups attached to an aromatic ring is 1. The van der Waals surface area contributed by atoms with Gasteiger partial charge in [-0.3, -0.25) is 4.57 Å². The summed E-state index contributed by atoms with van der Waals surface area (Å²) >= 11 is 0. The summed E-state index contributed by atoms with van der Waals surface area (Å²) in [6.45, 7) is -0.533. The van der Waals surface area contributed by atoms with E-state index in [1.165, 1.54) is 12.3 Å². The fourth-order valence-corrected chi connectivity index (χ4v) is 1.70. The van der Waals surface area contributed by atoms with Crippen molar-refractivity contribution in [3.63, 3.8) is 0 Å². The Morgan fingerprint density at radius 3 is 2.88 bits per heavy atom. The van der Waals surface area contributed by atoms with Gasteiger partial charge in [-0.25, -0.2) is 9.18 Å². The molecule has 2 rings (SSSR count). The minimum Gasteiger partial charge on any atom is -0.394 e. The molecule has 4 atom stereocenters. The van der Waals surface area contributed by atoms with Gasteiger partial charge in [-0.05, 0) is 6.07 Å². The zero-order valence-electron chi connectivity index (χ0n) is 8.73. The first-order valence-electron chi connectivity index (χ1n) is 4.97. The van der Waals surface area contributed by atoms with Crippen LogP contribution >= 0.6 is 0 Å². The van der Waals surface area contributed by atoms with Gasteiger partial charge in [0, 0.05) is 6.20 Å². The number of anilines is 1. The van der Waals surface area contributed by atoms with E-state index in [2.05, 4.69) is 4.98 Å². The van der Waals surface area contributed by atoms with Gasteiger partial charge < -0.3 is 20.7 Å². The highest BCUT2D eigenvalue weighted by atomic mass is 19.1. The van der Waals surface area contributed by atoms with Crippen LogP contribution < -0.4 is 11.4 Å². The summed E-state index contributed by atoms with van der Waals surface area (Å²) in [5, 5.41) is 18.3. The minimum absolute atomic E-state index is 0.0129. The molecule has 1 unspecified atom stereocenters.